The van der Waals surface area contributed by atoms with E-state index in [1.165, 1.54) is 19.5 Å². The van der Waals surface area contributed by atoms with Crippen molar-refractivity contribution in [1.82, 2.24) is 10.2 Å². The Balaban J connectivity index is 2.65. The van der Waals surface area contributed by atoms with Crippen LogP contribution in [0.1, 0.15) is 41.0 Å². The van der Waals surface area contributed by atoms with Gasteiger partial charge in [0.15, 0.2) is 0 Å². The van der Waals surface area contributed by atoms with Gasteiger partial charge in [-0.05, 0) is 45.7 Å². The Hall–Kier alpha value is -0.0800. The lowest BCUT2D eigenvalue weighted by atomic mass is 9.89. The minimum Gasteiger partial charge on any atom is -0.316 e. The molecule has 1 aliphatic heterocycles. The standard InChI is InChI=1S/C12H26N2/c1-11(2,3)14-8-6-7-13-9-12(4,5)10-14/h13H,6-10H2,1-5H3. The summed E-state index contributed by atoms with van der Waals surface area (Å²) in [6.07, 6.45) is 1.27. The molecular weight excluding hydrogens is 172 g/mol. The first-order valence-electron chi connectivity index (χ1n) is 5.77. The van der Waals surface area contributed by atoms with E-state index in [2.05, 4.69) is 44.8 Å². The van der Waals surface area contributed by atoms with Crippen molar-refractivity contribution >= 4 is 0 Å². The summed E-state index contributed by atoms with van der Waals surface area (Å²) in [4.78, 5) is 2.62. The quantitative estimate of drug-likeness (QED) is 0.641. The third-order valence-corrected chi connectivity index (χ3v) is 2.95. The van der Waals surface area contributed by atoms with E-state index in [4.69, 9.17) is 0 Å². The van der Waals surface area contributed by atoms with Crippen LogP contribution in [0.4, 0.5) is 0 Å². The molecule has 2 heteroatoms. The van der Waals surface area contributed by atoms with Crippen molar-refractivity contribution in [3.8, 4) is 0 Å². The summed E-state index contributed by atoms with van der Waals surface area (Å²) in [5.74, 6) is 0. The average molecular weight is 198 g/mol. The zero-order chi connectivity index (χ0) is 10.8. The third kappa shape index (κ3) is 3.58. The fourth-order valence-corrected chi connectivity index (χ4v) is 2.05. The first kappa shape index (κ1) is 12.0. The zero-order valence-electron chi connectivity index (χ0n) is 10.5. The molecule has 1 N–H and O–H groups in total. The van der Waals surface area contributed by atoms with Gasteiger partial charge in [-0.1, -0.05) is 13.8 Å². The molecule has 14 heavy (non-hydrogen) atoms. The highest BCUT2D eigenvalue weighted by Gasteiger charge is 2.29. The normalized spacial score (nSPS) is 25.5. The molecule has 0 spiro atoms. The molecule has 1 saturated heterocycles. The van der Waals surface area contributed by atoms with Gasteiger partial charge in [-0.2, -0.15) is 0 Å². The smallest absolute Gasteiger partial charge is 0.0125 e. The Labute approximate surface area is 89.1 Å². The van der Waals surface area contributed by atoms with E-state index in [0.717, 1.165) is 13.1 Å². The summed E-state index contributed by atoms with van der Waals surface area (Å²) in [5.41, 5.74) is 0.711. The first-order chi connectivity index (χ1) is 6.31. The Morgan fingerprint density at radius 3 is 2.43 bits per heavy atom. The van der Waals surface area contributed by atoms with Crippen LogP contribution in [-0.2, 0) is 0 Å². The molecule has 0 aromatic carbocycles. The number of hydrogen-bond acceptors (Lipinski definition) is 2. The summed E-state index contributed by atoms with van der Waals surface area (Å²) >= 11 is 0. The van der Waals surface area contributed by atoms with Crippen molar-refractivity contribution in [2.75, 3.05) is 26.2 Å². The van der Waals surface area contributed by atoms with Crippen LogP contribution < -0.4 is 5.32 Å². The van der Waals surface area contributed by atoms with Crippen molar-refractivity contribution in [1.29, 1.82) is 0 Å². The molecule has 0 unspecified atom stereocenters. The molecule has 2 nitrogen and oxygen atoms in total. The van der Waals surface area contributed by atoms with E-state index in [-0.39, 0.29) is 0 Å². The Kier molecular flexibility index (Phi) is 3.59. The fraction of sp³-hybridized carbons (Fsp3) is 1.00. The van der Waals surface area contributed by atoms with Gasteiger partial charge in [-0.15, -0.1) is 0 Å². The van der Waals surface area contributed by atoms with Crippen LogP contribution in [0.3, 0.4) is 0 Å². The van der Waals surface area contributed by atoms with Gasteiger partial charge in [-0.3, -0.25) is 4.90 Å². The van der Waals surface area contributed by atoms with Crippen molar-refractivity contribution in [2.45, 2.75) is 46.6 Å². The van der Waals surface area contributed by atoms with Crippen LogP contribution in [0.5, 0.6) is 0 Å². The predicted octanol–water partition coefficient (Wildman–Crippen LogP) is 2.11. The second-order valence-electron chi connectivity index (χ2n) is 6.29. The van der Waals surface area contributed by atoms with E-state index in [1.54, 1.807) is 0 Å². The molecule has 0 radical (unpaired) electrons. The molecule has 0 atom stereocenters. The summed E-state index contributed by atoms with van der Waals surface area (Å²) in [6, 6.07) is 0. The maximum atomic E-state index is 3.52. The van der Waals surface area contributed by atoms with Crippen molar-refractivity contribution < 1.29 is 0 Å². The summed E-state index contributed by atoms with van der Waals surface area (Å²) in [5, 5.41) is 3.52. The minimum atomic E-state index is 0.314. The molecule has 1 fully saturated rings. The molecule has 0 saturated carbocycles. The summed E-state index contributed by atoms with van der Waals surface area (Å²) in [7, 11) is 0. The number of rotatable bonds is 0. The average Bonchev–Trinajstić information content (AvgIpc) is 1.95. The van der Waals surface area contributed by atoms with Crippen LogP contribution >= 0.6 is 0 Å². The second-order valence-corrected chi connectivity index (χ2v) is 6.29. The molecule has 1 aliphatic rings. The molecule has 1 heterocycles. The topological polar surface area (TPSA) is 15.3 Å². The number of nitrogens with one attached hydrogen (secondary N) is 1. The number of hydrogen-bond donors (Lipinski definition) is 1. The van der Waals surface area contributed by atoms with Crippen LogP contribution in [-0.4, -0.2) is 36.6 Å². The van der Waals surface area contributed by atoms with Gasteiger partial charge in [-0.25, -0.2) is 0 Å². The maximum absolute atomic E-state index is 3.52. The maximum Gasteiger partial charge on any atom is 0.0125 e. The third-order valence-electron chi connectivity index (χ3n) is 2.95. The van der Waals surface area contributed by atoms with Crippen LogP contribution in [0.25, 0.3) is 0 Å². The van der Waals surface area contributed by atoms with Crippen molar-refractivity contribution in [3.63, 3.8) is 0 Å². The molecule has 0 aromatic heterocycles. The summed E-state index contributed by atoms with van der Waals surface area (Å²) in [6.45, 7) is 16.4. The molecule has 1 rings (SSSR count). The van der Waals surface area contributed by atoms with Crippen molar-refractivity contribution in [2.24, 2.45) is 5.41 Å². The Morgan fingerprint density at radius 2 is 1.86 bits per heavy atom. The van der Waals surface area contributed by atoms with E-state index >= 15 is 0 Å². The van der Waals surface area contributed by atoms with Gasteiger partial charge in [0.05, 0.1) is 0 Å². The lowest BCUT2D eigenvalue weighted by Crippen LogP contribution is -2.51. The van der Waals surface area contributed by atoms with Gasteiger partial charge in [0.1, 0.15) is 0 Å². The highest BCUT2D eigenvalue weighted by atomic mass is 15.2. The van der Waals surface area contributed by atoms with Gasteiger partial charge < -0.3 is 5.32 Å². The fourth-order valence-electron chi connectivity index (χ4n) is 2.05. The van der Waals surface area contributed by atoms with E-state index in [0.29, 0.717) is 11.0 Å². The van der Waals surface area contributed by atoms with Gasteiger partial charge >= 0.3 is 0 Å². The lowest BCUT2D eigenvalue weighted by molar-refractivity contribution is 0.0734. The predicted molar refractivity (Wildman–Crippen MR) is 62.6 cm³/mol. The SMILES string of the molecule is CC1(C)CNCCCN(C(C)(C)C)C1. The molecular formula is C12H26N2. The van der Waals surface area contributed by atoms with E-state index in [1.807, 2.05) is 0 Å². The Bertz CT molecular complexity index is 179. The Morgan fingerprint density at radius 1 is 1.21 bits per heavy atom. The monoisotopic (exact) mass is 198 g/mol. The van der Waals surface area contributed by atoms with Gasteiger partial charge in [0.25, 0.3) is 0 Å². The van der Waals surface area contributed by atoms with Crippen molar-refractivity contribution in [3.05, 3.63) is 0 Å². The molecule has 0 aromatic rings. The van der Waals surface area contributed by atoms with Gasteiger partial charge in [0.2, 0.25) is 0 Å². The minimum absolute atomic E-state index is 0.314. The molecule has 84 valence electrons. The summed E-state index contributed by atoms with van der Waals surface area (Å²) < 4.78 is 0. The number of nitrogens with zero attached hydrogens (tertiary/aromatic N) is 1. The molecule has 0 amide bonds. The largest absolute Gasteiger partial charge is 0.316 e. The van der Waals surface area contributed by atoms with Crippen LogP contribution in [0, 0.1) is 5.41 Å². The molecule has 0 bridgehead atoms. The molecule has 0 aliphatic carbocycles. The zero-order valence-corrected chi connectivity index (χ0v) is 10.5. The van der Waals surface area contributed by atoms with Gasteiger partial charge in [0, 0.05) is 18.6 Å². The second kappa shape index (κ2) is 4.19. The first-order valence-corrected chi connectivity index (χ1v) is 5.77. The lowest BCUT2D eigenvalue weighted by Gasteiger charge is -2.42. The van der Waals surface area contributed by atoms with E-state index in [9.17, 15) is 0 Å². The highest BCUT2D eigenvalue weighted by molar-refractivity contribution is 4.85. The van der Waals surface area contributed by atoms with Crippen LogP contribution in [0.15, 0.2) is 0 Å². The van der Waals surface area contributed by atoms with E-state index < -0.39 is 0 Å². The van der Waals surface area contributed by atoms with Crippen LogP contribution in [0.2, 0.25) is 0 Å². The highest BCUT2D eigenvalue weighted by Crippen LogP contribution is 2.23.